The van der Waals surface area contributed by atoms with Crippen LogP contribution in [0.15, 0.2) is 4.99 Å². The third kappa shape index (κ3) is 8.38. The summed E-state index contributed by atoms with van der Waals surface area (Å²) in [7, 11) is 2.55. The molecular formula is C16H36N2O3Si. The molecule has 22 heavy (non-hydrogen) atoms. The van der Waals surface area contributed by atoms with Crippen LogP contribution >= 0.6 is 0 Å². The van der Waals surface area contributed by atoms with Gasteiger partial charge in [0.1, 0.15) is 0 Å². The van der Waals surface area contributed by atoms with Crippen LogP contribution in [0.4, 0.5) is 0 Å². The van der Waals surface area contributed by atoms with Crippen LogP contribution < -0.4 is 0 Å². The van der Waals surface area contributed by atoms with Crippen LogP contribution in [-0.2, 0) is 13.3 Å². The number of aliphatic imine (C=N–C) groups is 1. The van der Waals surface area contributed by atoms with Crippen LogP contribution in [0, 0.1) is 0 Å². The van der Waals surface area contributed by atoms with Crippen molar-refractivity contribution < 1.29 is 13.3 Å². The first-order valence-corrected chi connectivity index (χ1v) is 10.4. The number of hydrogen-bond acceptors (Lipinski definition) is 5. The zero-order valence-electron chi connectivity index (χ0n) is 15.5. The molecule has 5 nitrogen and oxygen atoms in total. The second-order valence-corrected chi connectivity index (χ2v) is 8.42. The Morgan fingerprint density at radius 2 is 1.55 bits per heavy atom. The summed E-state index contributed by atoms with van der Waals surface area (Å²) in [5.74, 6) is 0. The zero-order valence-corrected chi connectivity index (χ0v) is 16.5. The average molecular weight is 333 g/mol. The fourth-order valence-corrected chi connectivity index (χ4v) is 4.21. The minimum Gasteiger partial charge on any atom is -0.377 e. The maximum Gasteiger partial charge on any atom is 0.500 e. The minimum atomic E-state index is -2.43. The molecule has 0 spiro atoms. The number of nitrogens with zero attached hydrogens (tertiary/aromatic N) is 2. The molecule has 0 aliphatic carbocycles. The predicted molar refractivity (Wildman–Crippen MR) is 95.8 cm³/mol. The van der Waals surface area contributed by atoms with Gasteiger partial charge in [0.25, 0.3) is 0 Å². The van der Waals surface area contributed by atoms with Crippen molar-refractivity contribution in [2.45, 2.75) is 52.5 Å². The van der Waals surface area contributed by atoms with Gasteiger partial charge in [-0.05, 0) is 45.3 Å². The van der Waals surface area contributed by atoms with Crippen LogP contribution in [0.1, 0.15) is 46.5 Å². The molecule has 132 valence electrons. The highest BCUT2D eigenvalue weighted by Crippen LogP contribution is 2.15. The second kappa shape index (κ2) is 13.2. The van der Waals surface area contributed by atoms with E-state index in [0.717, 1.165) is 44.9 Å². The van der Waals surface area contributed by atoms with Gasteiger partial charge in [-0.1, -0.05) is 20.8 Å². The molecule has 0 amide bonds. The summed E-state index contributed by atoms with van der Waals surface area (Å²) >= 11 is 0. The predicted octanol–water partition coefficient (Wildman–Crippen LogP) is 3.23. The van der Waals surface area contributed by atoms with E-state index in [2.05, 4.69) is 25.7 Å². The monoisotopic (exact) mass is 332 g/mol. The topological polar surface area (TPSA) is 43.3 Å². The van der Waals surface area contributed by atoms with Gasteiger partial charge >= 0.3 is 8.80 Å². The highest BCUT2D eigenvalue weighted by atomic mass is 28.4. The van der Waals surface area contributed by atoms with Gasteiger partial charge in [-0.15, -0.1) is 0 Å². The van der Waals surface area contributed by atoms with E-state index in [0.29, 0.717) is 0 Å². The molecule has 0 aliphatic rings. The number of rotatable bonds is 14. The Bertz CT molecular complexity index is 285. The van der Waals surface area contributed by atoms with Crippen LogP contribution in [0.5, 0.6) is 0 Å². The van der Waals surface area contributed by atoms with Crippen molar-refractivity contribution >= 4 is 14.5 Å². The third-order valence-corrected chi connectivity index (χ3v) is 6.98. The van der Waals surface area contributed by atoms with Gasteiger partial charge in [-0.2, -0.15) is 0 Å². The zero-order chi connectivity index (χ0) is 16.8. The van der Waals surface area contributed by atoms with Crippen molar-refractivity contribution in [1.29, 1.82) is 0 Å². The van der Waals surface area contributed by atoms with E-state index in [1.165, 1.54) is 18.7 Å². The molecule has 0 radical (unpaired) electrons. The fraction of sp³-hybridized carbons (Fsp3) is 0.938. The molecule has 0 atom stereocenters. The van der Waals surface area contributed by atoms with E-state index < -0.39 is 8.80 Å². The fourth-order valence-electron chi connectivity index (χ4n) is 2.50. The Balaban J connectivity index is 4.11. The highest BCUT2D eigenvalue weighted by molar-refractivity contribution is 6.60. The van der Waals surface area contributed by atoms with Crippen molar-refractivity contribution in [3.8, 4) is 0 Å². The molecule has 0 rings (SSSR count). The maximum atomic E-state index is 5.43. The summed E-state index contributed by atoms with van der Waals surface area (Å²) in [5.41, 5.74) is 1.33. The molecular weight excluding hydrogens is 296 g/mol. The summed E-state index contributed by atoms with van der Waals surface area (Å²) < 4.78 is 16.3. The molecule has 0 aromatic rings. The van der Waals surface area contributed by atoms with Gasteiger partial charge < -0.3 is 18.2 Å². The molecule has 0 N–H and O–H groups in total. The summed E-state index contributed by atoms with van der Waals surface area (Å²) in [6, 6.07) is 0.816. The van der Waals surface area contributed by atoms with Gasteiger partial charge in [0.05, 0.1) is 0 Å². The van der Waals surface area contributed by atoms with E-state index in [9.17, 15) is 0 Å². The summed E-state index contributed by atoms with van der Waals surface area (Å²) in [5, 5.41) is 0. The Morgan fingerprint density at radius 3 is 2.00 bits per heavy atom. The lowest BCUT2D eigenvalue weighted by molar-refractivity contribution is 0.123. The van der Waals surface area contributed by atoms with Crippen molar-refractivity contribution in [1.82, 2.24) is 4.90 Å². The smallest absolute Gasteiger partial charge is 0.377 e. The van der Waals surface area contributed by atoms with E-state index in [1.807, 2.05) is 0 Å². The molecule has 0 fully saturated rings. The van der Waals surface area contributed by atoms with Gasteiger partial charge in [0.15, 0.2) is 0 Å². The minimum absolute atomic E-state index is 0.816. The van der Waals surface area contributed by atoms with E-state index >= 15 is 0 Å². The first-order chi connectivity index (χ1) is 10.6. The molecule has 6 heteroatoms. The number of hydrogen-bond donors (Lipinski definition) is 0. The van der Waals surface area contributed by atoms with Gasteiger partial charge in [-0.3, -0.25) is 4.99 Å². The summed E-state index contributed by atoms with van der Waals surface area (Å²) in [6.07, 6.45) is 4.29. The van der Waals surface area contributed by atoms with Crippen molar-refractivity contribution in [3.05, 3.63) is 0 Å². The normalized spacial score (nSPS) is 13.1. The van der Waals surface area contributed by atoms with E-state index in [4.69, 9.17) is 18.3 Å². The Labute approximate surface area is 138 Å². The SMILES string of the molecule is CCC(CCCN(CC)CC)=NCCC[Si](OC)(OC)OC. The average Bonchev–Trinajstić information content (AvgIpc) is 2.57. The third-order valence-electron chi connectivity index (χ3n) is 4.15. The largest absolute Gasteiger partial charge is 0.500 e. The molecule has 0 saturated carbocycles. The van der Waals surface area contributed by atoms with Gasteiger partial charge in [-0.25, -0.2) is 0 Å². The van der Waals surface area contributed by atoms with E-state index in [-0.39, 0.29) is 0 Å². The quantitative estimate of drug-likeness (QED) is 0.278. The lowest BCUT2D eigenvalue weighted by Gasteiger charge is -2.23. The van der Waals surface area contributed by atoms with Gasteiger partial charge in [0.2, 0.25) is 0 Å². The lowest BCUT2D eigenvalue weighted by Crippen LogP contribution is -2.42. The second-order valence-electron chi connectivity index (χ2n) is 5.33. The standard InChI is InChI=1S/C16H36N2O3Si/c1-7-16(12-10-14-18(8-2)9-3)17-13-11-15-22(19-4,20-5)21-6/h7-15H2,1-6H3. The van der Waals surface area contributed by atoms with E-state index in [1.54, 1.807) is 21.3 Å². The van der Waals surface area contributed by atoms with Crippen molar-refractivity contribution in [2.24, 2.45) is 4.99 Å². The Hall–Kier alpha value is -0.273. The van der Waals surface area contributed by atoms with Crippen molar-refractivity contribution in [3.63, 3.8) is 0 Å². The maximum absolute atomic E-state index is 5.43. The van der Waals surface area contributed by atoms with Gasteiger partial charge in [0, 0.05) is 39.6 Å². The Kier molecular flexibility index (Phi) is 13.0. The molecule has 0 aromatic heterocycles. The lowest BCUT2D eigenvalue weighted by atomic mass is 10.1. The molecule has 0 aliphatic heterocycles. The van der Waals surface area contributed by atoms with Crippen LogP contribution in [0.2, 0.25) is 6.04 Å². The molecule has 0 heterocycles. The first kappa shape index (κ1) is 21.7. The molecule has 0 saturated heterocycles. The molecule has 0 aromatic carbocycles. The molecule has 0 bridgehead atoms. The highest BCUT2D eigenvalue weighted by Gasteiger charge is 2.36. The summed E-state index contributed by atoms with van der Waals surface area (Å²) in [6.45, 7) is 10.9. The van der Waals surface area contributed by atoms with Crippen LogP contribution in [0.3, 0.4) is 0 Å². The molecule has 0 unspecified atom stereocenters. The van der Waals surface area contributed by atoms with Crippen LogP contribution in [0.25, 0.3) is 0 Å². The van der Waals surface area contributed by atoms with Crippen molar-refractivity contribution in [2.75, 3.05) is 47.5 Å². The van der Waals surface area contributed by atoms with Crippen LogP contribution in [-0.4, -0.2) is 66.9 Å². The first-order valence-electron chi connectivity index (χ1n) is 8.51. The summed E-state index contributed by atoms with van der Waals surface area (Å²) in [4.78, 5) is 7.21. The Morgan fingerprint density at radius 1 is 0.955 bits per heavy atom.